The molecule has 18 heavy (non-hydrogen) atoms. The Balaban J connectivity index is 0.000000187. The third-order valence-electron chi connectivity index (χ3n) is 2.68. The van der Waals surface area contributed by atoms with Crippen molar-refractivity contribution in [1.82, 2.24) is 4.90 Å². The fourth-order valence-corrected chi connectivity index (χ4v) is 1.98. The van der Waals surface area contributed by atoms with E-state index >= 15 is 0 Å². The Bertz CT molecular complexity index is 360. The summed E-state index contributed by atoms with van der Waals surface area (Å²) < 4.78 is 0. The van der Waals surface area contributed by atoms with Crippen LogP contribution >= 0.6 is 0 Å². The zero-order valence-electron chi connectivity index (χ0n) is 10.4. The molecular formula is C12H18N2O4. The highest BCUT2D eigenvalue weighted by atomic mass is 16.4. The third-order valence-corrected chi connectivity index (χ3v) is 2.68. The molecule has 6 heteroatoms. The van der Waals surface area contributed by atoms with Gasteiger partial charge in [-0.1, -0.05) is 6.92 Å². The maximum atomic E-state index is 9.55. The molecule has 0 aliphatic carbocycles. The van der Waals surface area contributed by atoms with Crippen LogP contribution in [0.2, 0.25) is 0 Å². The Morgan fingerprint density at radius 2 is 1.94 bits per heavy atom. The second-order valence-electron chi connectivity index (χ2n) is 4.42. The number of hydrogen-bond donors (Lipinski definition) is 2. The Hall–Kier alpha value is -1.85. The first-order valence-electron chi connectivity index (χ1n) is 5.91. The van der Waals surface area contributed by atoms with Crippen LogP contribution < -0.4 is 0 Å². The molecule has 0 radical (unpaired) electrons. The van der Waals surface area contributed by atoms with Gasteiger partial charge in [-0.2, -0.15) is 0 Å². The van der Waals surface area contributed by atoms with E-state index in [0.29, 0.717) is 12.2 Å². The van der Waals surface area contributed by atoms with Crippen LogP contribution in [0.3, 0.4) is 0 Å². The van der Waals surface area contributed by atoms with Gasteiger partial charge in [-0.15, -0.1) is 0 Å². The Morgan fingerprint density at radius 1 is 1.33 bits per heavy atom. The topological polar surface area (TPSA) is 90.2 Å². The summed E-state index contributed by atoms with van der Waals surface area (Å²) in [5.41, 5.74) is 0. The number of fused-ring (bicyclic) bond motifs is 1. The van der Waals surface area contributed by atoms with E-state index in [2.05, 4.69) is 16.8 Å². The van der Waals surface area contributed by atoms with E-state index in [1.807, 2.05) is 0 Å². The van der Waals surface area contributed by atoms with Crippen LogP contribution in [0.1, 0.15) is 19.8 Å². The van der Waals surface area contributed by atoms with Gasteiger partial charge in [-0.25, -0.2) is 9.59 Å². The number of carboxylic acids is 2. The highest BCUT2D eigenvalue weighted by Gasteiger charge is 2.25. The van der Waals surface area contributed by atoms with Gasteiger partial charge in [-0.3, -0.25) is 4.99 Å². The van der Waals surface area contributed by atoms with Crippen molar-refractivity contribution in [2.45, 2.75) is 19.8 Å². The minimum absolute atomic E-state index is 0.558. The lowest BCUT2D eigenvalue weighted by molar-refractivity contribution is -0.134. The molecule has 100 valence electrons. The van der Waals surface area contributed by atoms with Crippen molar-refractivity contribution in [3.05, 3.63) is 12.2 Å². The van der Waals surface area contributed by atoms with Gasteiger partial charge in [0.1, 0.15) is 0 Å². The fourth-order valence-electron chi connectivity index (χ4n) is 1.98. The standard InChI is InChI=1S/C8H14N2.C4H4O4/c1-7-5-8-9-3-2-4-10(8)6-7;5-3(6)1-2-4(7)8/h7H,2-6H2,1H3;1-2H,(H,5,6)(H,7,8)/b;2-1+. The Labute approximate surface area is 106 Å². The largest absolute Gasteiger partial charge is 0.478 e. The molecule has 6 nitrogen and oxygen atoms in total. The number of hydrogen-bond acceptors (Lipinski definition) is 4. The van der Waals surface area contributed by atoms with E-state index in [0.717, 1.165) is 12.5 Å². The van der Waals surface area contributed by atoms with Crippen LogP contribution in [0.15, 0.2) is 17.1 Å². The molecule has 1 unspecified atom stereocenters. The molecule has 1 saturated heterocycles. The smallest absolute Gasteiger partial charge is 0.328 e. The molecule has 0 amide bonds. The fraction of sp³-hybridized carbons (Fsp3) is 0.583. The molecule has 2 N–H and O–H groups in total. The van der Waals surface area contributed by atoms with Gasteiger partial charge in [-0.05, 0) is 12.3 Å². The molecule has 0 spiro atoms. The number of rotatable bonds is 2. The lowest BCUT2D eigenvalue weighted by atomic mass is 10.2. The molecule has 0 bridgehead atoms. The summed E-state index contributed by atoms with van der Waals surface area (Å²) in [6.45, 7) is 5.88. The molecule has 2 aliphatic rings. The second-order valence-corrected chi connectivity index (χ2v) is 4.42. The molecular weight excluding hydrogens is 236 g/mol. The van der Waals surface area contributed by atoms with Crippen LogP contribution in [-0.4, -0.2) is 52.5 Å². The van der Waals surface area contributed by atoms with Gasteiger partial charge in [0, 0.05) is 38.2 Å². The molecule has 0 aromatic carbocycles. The third kappa shape index (κ3) is 4.99. The second kappa shape index (κ2) is 6.78. The van der Waals surface area contributed by atoms with Crippen molar-refractivity contribution in [2.24, 2.45) is 10.9 Å². The van der Waals surface area contributed by atoms with Crippen molar-refractivity contribution < 1.29 is 19.8 Å². The molecule has 0 saturated carbocycles. The van der Waals surface area contributed by atoms with Crippen LogP contribution in [0, 0.1) is 5.92 Å². The molecule has 2 heterocycles. The maximum absolute atomic E-state index is 9.55. The average Bonchev–Trinajstić information content (AvgIpc) is 2.67. The van der Waals surface area contributed by atoms with E-state index < -0.39 is 11.9 Å². The number of aliphatic carboxylic acids is 2. The number of carboxylic acid groups (broad SMARTS) is 2. The van der Waals surface area contributed by atoms with Crippen LogP contribution in [0.4, 0.5) is 0 Å². The highest BCUT2D eigenvalue weighted by Crippen LogP contribution is 2.20. The molecule has 2 rings (SSSR count). The molecule has 0 aromatic rings. The molecule has 1 atom stereocenters. The van der Waals surface area contributed by atoms with Crippen LogP contribution in [0.5, 0.6) is 0 Å². The molecule has 0 aromatic heterocycles. The van der Waals surface area contributed by atoms with E-state index in [4.69, 9.17) is 10.2 Å². The van der Waals surface area contributed by atoms with Crippen molar-refractivity contribution in [3.63, 3.8) is 0 Å². The average molecular weight is 254 g/mol. The van der Waals surface area contributed by atoms with E-state index in [1.54, 1.807) is 0 Å². The summed E-state index contributed by atoms with van der Waals surface area (Å²) in [4.78, 5) is 26.0. The van der Waals surface area contributed by atoms with Crippen molar-refractivity contribution in [3.8, 4) is 0 Å². The predicted octanol–water partition coefficient (Wildman–Crippen LogP) is 0.842. The van der Waals surface area contributed by atoms with Gasteiger partial charge >= 0.3 is 11.9 Å². The van der Waals surface area contributed by atoms with Crippen molar-refractivity contribution >= 4 is 17.8 Å². The van der Waals surface area contributed by atoms with Gasteiger partial charge in [0.25, 0.3) is 0 Å². The number of carbonyl (C=O) groups is 2. The number of amidine groups is 1. The Morgan fingerprint density at radius 3 is 2.44 bits per heavy atom. The predicted molar refractivity (Wildman–Crippen MR) is 66.7 cm³/mol. The lowest BCUT2D eigenvalue weighted by Gasteiger charge is -2.22. The first-order valence-corrected chi connectivity index (χ1v) is 5.91. The lowest BCUT2D eigenvalue weighted by Crippen LogP contribution is -2.30. The van der Waals surface area contributed by atoms with Gasteiger partial charge in [0.2, 0.25) is 0 Å². The van der Waals surface area contributed by atoms with Crippen LogP contribution in [-0.2, 0) is 9.59 Å². The minimum Gasteiger partial charge on any atom is -0.478 e. The quantitative estimate of drug-likeness (QED) is 0.713. The zero-order chi connectivity index (χ0) is 13.5. The van der Waals surface area contributed by atoms with Crippen molar-refractivity contribution in [1.29, 1.82) is 0 Å². The van der Waals surface area contributed by atoms with Gasteiger partial charge in [0.05, 0.1) is 5.84 Å². The Kier molecular flexibility index (Phi) is 5.35. The van der Waals surface area contributed by atoms with E-state index in [9.17, 15) is 9.59 Å². The summed E-state index contributed by atoms with van der Waals surface area (Å²) in [6, 6.07) is 0. The summed E-state index contributed by atoms with van der Waals surface area (Å²) in [7, 11) is 0. The molecule has 1 fully saturated rings. The summed E-state index contributed by atoms with van der Waals surface area (Å²) in [6.07, 6.45) is 3.60. The number of aliphatic imine (C=N–C) groups is 1. The summed E-state index contributed by atoms with van der Waals surface area (Å²) in [5, 5.41) is 15.6. The minimum atomic E-state index is -1.26. The van der Waals surface area contributed by atoms with E-state index in [1.165, 1.54) is 31.8 Å². The van der Waals surface area contributed by atoms with Crippen molar-refractivity contribution in [2.75, 3.05) is 19.6 Å². The summed E-state index contributed by atoms with van der Waals surface area (Å²) >= 11 is 0. The number of nitrogens with zero attached hydrogens (tertiary/aromatic N) is 2. The maximum Gasteiger partial charge on any atom is 0.328 e. The monoisotopic (exact) mass is 254 g/mol. The van der Waals surface area contributed by atoms with Gasteiger partial charge < -0.3 is 15.1 Å². The highest BCUT2D eigenvalue weighted by molar-refractivity contribution is 5.89. The van der Waals surface area contributed by atoms with Crippen LogP contribution in [0.25, 0.3) is 0 Å². The van der Waals surface area contributed by atoms with Gasteiger partial charge in [0.15, 0.2) is 0 Å². The SMILES string of the molecule is CC1CC2=NCCCN2C1.O=C(O)/C=C/C(=O)O. The van der Waals surface area contributed by atoms with E-state index in [-0.39, 0.29) is 0 Å². The normalized spacial score (nSPS) is 21.9. The summed E-state index contributed by atoms with van der Waals surface area (Å²) in [5.74, 6) is -0.296. The zero-order valence-corrected chi connectivity index (χ0v) is 10.4. The molecule has 2 aliphatic heterocycles. The first-order chi connectivity index (χ1) is 8.49. The first kappa shape index (κ1) is 14.2.